The van der Waals surface area contributed by atoms with Gasteiger partial charge in [0.25, 0.3) is 0 Å². The van der Waals surface area contributed by atoms with Crippen LogP contribution in [0.4, 0.5) is 33.3 Å². The monoisotopic (exact) mass is 622 g/mol. The molecule has 14 heteroatoms. The number of thioether (sulfide) groups is 1. The molecule has 1 saturated carbocycles. The second kappa shape index (κ2) is 11.6. The van der Waals surface area contributed by atoms with Gasteiger partial charge in [0.15, 0.2) is 0 Å². The lowest BCUT2D eigenvalue weighted by atomic mass is 9.94. The molecule has 7 nitrogen and oxygen atoms in total. The van der Waals surface area contributed by atoms with Crippen LogP contribution in [0.2, 0.25) is 0 Å². The Morgan fingerprint density at radius 3 is 2.51 bits per heavy atom. The van der Waals surface area contributed by atoms with Gasteiger partial charge in [-0.05, 0) is 44.5 Å². The van der Waals surface area contributed by atoms with Crippen LogP contribution in [0.25, 0.3) is 0 Å². The van der Waals surface area contributed by atoms with Gasteiger partial charge in [0.1, 0.15) is 23.1 Å². The molecule has 2 aromatic rings. The van der Waals surface area contributed by atoms with Crippen molar-refractivity contribution in [2.45, 2.75) is 72.5 Å². The zero-order chi connectivity index (χ0) is 30.3. The second-order valence-electron chi connectivity index (χ2n) is 10.7. The molecule has 1 fully saturated rings. The molecular weight excluding hydrogens is 591 g/mol. The minimum atomic E-state index is -4.33. The van der Waals surface area contributed by atoms with E-state index in [1.54, 1.807) is 6.07 Å². The summed E-state index contributed by atoms with van der Waals surface area (Å²) in [7, 11) is -3.05. The first-order chi connectivity index (χ1) is 19.0. The summed E-state index contributed by atoms with van der Waals surface area (Å²) in [6, 6.07) is 7.10. The smallest absolute Gasteiger partial charge is 0.309 e. The van der Waals surface area contributed by atoms with Gasteiger partial charge in [-0.3, -0.25) is 4.79 Å². The number of hydrogen-bond acceptors (Lipinski definition) is 6. The molecule has 4 rings (SSSR count). The number of carboxylic acids is 1. The van der Waals surface area contributed by atoms with Crippen molar-refractivity contribution in [1.29, 1.82) is 0 Å². The van der Waals surface area contributed by atoms with Crippen molar-refractivity contribution >= 4 is 39.1 Å². The Labute approximate surface area is 239 Å². The minimum absolute atomic E-state index is 0.00762. The molecule has 1 heterocycles. The minimum Gasteiger partial charge on any atom is -0.491 e. The molecule has 1 aliphatic heterocycles. The number of ether oxygens (including phenoxy) is 1. The van der Waals surface area contributed by atoms with E-state index in [1.165, 1.54) is 49.2 Å². The van der Waals surface area contributed by atoms with Crippen molar-refractivity contribution in [1.82, 2.24) is 4.31 Å². The maximum Gasteiger partial charge on any atom is 0.309 e. The standard InChI is InChI=1S/C27H31F5N2O5S2/c1-16(25(35)36)15-39-22-11-24-21(10-23(22)40-20-12-27(31,32)13-20)34(18-6-4-5-17(28)9-18)14-19(7-8-26(2,29)30)33(3)41(24,37)38/h4-6,9-11,16,19-20H,7-8,12-15H2,1-3H3,(H,35,36)/t16-,19+/m1/s1. The molecule has 1 aliphatic carbocycles. The highest BCUT2D eigenvalue weighted by Crippen LogP contribution is 2.51. The predicted molar refractivity (Wildman–Crippen MR) is 145 cm³/mol. The molecule has 41 heavy (non-hydrogen) atoms. The lowest BCUT2D eigenvalue weighted by Gasteiger charge is -2.35. The van der Waals surface area contributed by atoms with E-state index < -0.39 is 70.1 Å². The second-order valence-corrected chi connectivity index (χ2v) is 14.0. The predicted octanol–water partition coefficient (Wildman–Crippen LogP) is 6.39. The van der Waals surface area contributed by atoms with Gasteiger partial charge in [0.2, 0.25) is 21.9 Å². The van der Waals surface area contributed by atoms with Crippen LogP contribution in [0.5, 0.6) is 5.75 Å². The van der Waals surface area contributed by atoms with Crippen LogP contribution in [0, 0.1) is 11.7 Å². The number of anilines is 2. The van der Waals surface area contributed by atoms with Crippen molar-refractivity contribution in [2.24, 2.45) is 5.92 Å². The van der Waals surface area contributed by atoms with E-state index in [2.05, 4.69) is 0 Å². The first kappa shape index (κ1) is 31.4. The number of halogens is 5. The van der Waals surface area contributed by atoms with E-state index in [9.17, 15) is 40.3 Å². The fourth-order valence-electron chi connectivity index (χ4n) is 4.67. The Morgan fingerprint density at radius 1 is 1.24 bits per heavy atom. The summed E-state index contributed by atoms with van der Waals surface area (Å²) in [5, 5.41) is 8.78. The van der Waals surface area contributed by atoms with Crippen molar-refractivity contribution in [3.63, 3.8) is 0 Å². The number of alkyl halides is 4. The van der Waals surface area contributed by atoms with Crippen molar-refractivity contribution in [2.75, 3.05) is 25.1 Å². The van der Waals surface area contributed by atoms with Crippen LogP contribution in [0.15, 0.2) is 46.2 Å². The quantitative estimate of drug-likeness (QED) is 0.307. The van der Waals surface area contributed by atoms with Gasteiger partial charge >= 0.3 is 5.97 Å². The number of rotatable bonds is 10. The van der Waals surface area contributed by atoms with Gasteiger partial charge in [0, 0.05) is 55.9 Å². The Kier molecular flexibility index (Phi) is 8.87. The van der Waals surface area contributed by atoms with Crippen LogP contribution in [-0.2, 0) is 14.8 Å². The molecule has 226 valence electrons. The average molecular weight is 623 g/mol. The first-order valence-corrected chi connectivity index (χ1v) is 15.3. The number of nitrogens with zero attached hydrogens (tertiary/aromatic N) is 2. The molecule has 0 spiro atoms. The van der Waals surface area contributed by atoms with E-state index in [0.29, 0.717) is 4.90 Å². The number of carbonyl (C=O) groups is 1. The lowest BCUT2D eigenvalue weighted by molar-refractivity contribution is -0.142. The van der Waals surface area contributed by atoms with Crippen LogP contribution in [0.1, 0.15) is 39.5 Å². The van der Waals surface area contributed by atoms with E-state index in [0.717, 1.165) is 23.0 Å². The highest BCUT2D eigenvalue weighted by Gasteiger charge is 2.46. The molecule has 1 N–H and O–H groups in total. The number of sulfonamides is 1. The molecule has 2 atom stereocenters. The number of carboxylic acid groups (broad SMARTS) is 1. The zero-order valence-electron chi connectivity index (χ0n) is 22.6. The van der Waals surface area contributed by atoms with E-state index in [1.807, 2.05) is 0 Å². The summed E-state index contributed by atoms with van der Waals surface area (Å²) >= 11 is 1.05. The number of likely N-dealkylation sites (N-methyl/N-ethyl adjacent to an activating group) is 1. The van der Waals surface area contributed by atoms with Gasteiger partial charge in [-0.2, -0.15) is 4.31 Å². The summed E-state index contributed by atoms with van der Waals surface area (Å²) in [5.41, 5.74) is 0.365. The average Bonchev–Trinajstić information content (AvgIpc) is 2.92. The molecule has 0 radical (unpaired) electrons. The van der Waals surface area contributed by atoms with Gasteiger partial charge in [0.05, 0.1) is 16.5 Å². The molecule has 0 saturated heterocycles. The SMILES string of the molecule is C[C@H](COc1cc2c(cc1SC1CC(F)(F)C1)N(c1cccc(F)c1)C[C@H](CCC(C)(F)F)N(C)S2(=O)=O)C(=O)O. The zero-order valence-corrected chi connectivity index (χ0v) is 24.3. The van der Waals surface area contributed by atoms with Crippen molar-refractivity contribution in [3.8, 4) is 5.75 Å². The summed E-state index contributed by atoms with van der Waals surface area (Å²) < 4.78 is 104. The van der Waals surface area contributed by atoms with E-state index in [4.69, 9.17) is 4.74 Å². The van der Waals surface area contributed by atoms with Crippen LogP contribution in [-0.4, -0.2) is 67.1 Å². The normalized spacial score (nSPS) is 21.5. The van der Waals surface area contributed by atoms with Gasteiger partial charge in [-0.15, -0.1) is 11.8 Å². The molecule has 0 bridgehead atoms. The van der Waals surface area contributed by atoms with Gasteiger partial charge < -0.3 is 14.7 Å². The fourth-order valence-corrected chi connectivity index (χ4v) is 7.66. The third kappa shape index (κ3) is 7.26. The van der Waals surface area contributed by atoms with Crippen LogP contribution >= 0.6 is 11.8 Å². The third-order valence-electron chi connectivity index (χ3n) is 7.17. The largest absolute Gasteiger partial charge is 0.491 e. The van der Waals surface area contributed by atoms with Crippen LogP contribution in [0.3, 0.4) is 0 Å². The number of fused-ring (bicyclic) bond motifs is 1. The van der Waals surface area contributed by atoms with Gasteiger partial charge in [-0.25, -0.2) is 30.4 Å². The van der Waals surface area contributed by atoms with Gasteiger partial charge in [-0.1, -0.05) is 6.07 Å². The van der Waals surface area contributed by atoms with Crippen molar-refractivity contribution < 1.29 is 45.0 Å². The maximum absolute atomic E-state index is 14.3. The molecule has 0 aromatic heterocycles. The highest BCUT2D eigenvalue weighted by atomic mass is 32.2. The summed E-state index contributed by atoms with van der Waals surface area (Å²) in [6.45, 7) is 1.73. The van der Waals surface area contributed by atoms with E-state index >= 15 is 0 Å². The Balaban J connectivity index is 1.85. The van der Waals surface area contributed by atoms with E-state index in [-0.39, 0.29) is 41.6 Å². The number of aliphatic carboxylic acids is 1. The Morgan fingerprint density at radius 2 is 1.93 bits per heavy atom. The summed E-state index contributed by atoms with van der Waals surface area (Å²) in [6.07, 6.45) is -1.59. The summed E-state index contributed by atoms with van der Waals surface area (Å²) in [4.78, 5) is 12.9. The molecule has 2 aliphatic rings. The molecular formula is C27H31F5N2O5S2. The Bertz CT molecular complexity index is 1390. The lowest BCUT2D eigenvalue weighted by Crippen LogP contribution is -2.41. The fraction of sp³-hybridized carbons (Fsp3) is 0.519. The molecule has 0 unspecified atom stereocenters. The molecule has 2 aromatic carbocycles. The number of hydrogen-bond donors (Lipinski definition) is 1. The first-order valence-electron chi connectivity index (χ1n) is 12.9. The third-order valence-corrected chi connectivity index (χ3v) is 10.4. The Hall–Kier alpha value is -2.58. The van der Waals surface area contributed by atoms with Crippen molar-refractivity contribution in [3.05, 3.63) is 42.2 Å². The number of benzene rings is 2. The maximum atomic E-state index is 14.3. The topological polar surface area (TPSA) is 87.2 Å². The highest BCUT2D eigenvalue weighted by molar-refractivity contribution is 8.00. The van der Waals surface area contributed by atoms with Crippen LogP contribution < -0.4 is 9.64 Å². The summed E-state index contributed by atoms with van der Waals surface area (Å²) in [5.74, 6) is -8.59. The molecule has 0 amide bonds.